The first kappa shape index (κ1) is 18.9. The van der Waals surface area contributed by atoms with Crippen LogP contribution in [0.3, 0.4) is 0 Å². The molecule has 25 heavy (non-hydrogen) atoms. The van der Waals surface area contributed by atoms with Crippen molar-refractivity contribution >= 4 is 21.6 Å². The SMILES string of the molecule is CCCCCNC(=O)c1ccccc1S(=O)(=O)Nc1cncc(C)c1. The number of rotatable bonds is 8. The summed E-state index contributed by atoms with van der Waals surface area (Å²) in [6.45, 7) is 4.42. The molecule has 1 aromatic carbocycles. The van der Waals surface area contributed by atoms with Crippen LogP contribution in [0, 0.1) is 6.92 Å². The van der Waals surface area contributed by atoms with Crippen LogP contribution in [-0.2, 0) is 10.0 Å². The van der Waals surface area contributed by atoms with Crippen LogP contribution >= 0.6 is 0 Å². The molecule has 0 aliphatic rings. The quantitative estimate of drug-likeness (QED) is 0.707. The first-order valence-electron chi connectivity index (χ1n) is 8.25. The Bertz CT molecular complexity index is 835. The van der Waals surface area contributed by atoms with E-state index in [1.54, 1.807) is 24.4 Å². The van der Waals surface area contributed by atoms with Gasteiger partial charge in [-0.05, 0) is 37.1 Å². The summed E-state index contributed by atoms with van der Waals surface area (Å²) in [6.07, 6.45) is 6.00. The fourth-order valence-electron chi connectivity index (χ4n) is 2.38. The predicted octanol–water partition coefficient (Wildman–Crippen LogP) is 3.11. The molecule has 1 amide bonds. The average molecular weight is 361 g/mol. The first-order chi connectivity index (χ1) is 11.9. The maximum absolute atomic E-state index is 12.7. The van der Waals surface area contributed by atoms with E-state index in [9.17, 15) is 13.2 Å². The third-order valence-electron chi connectivity index (χ3n) is 3.61. The number of amides is 1. The van der Waals surface area contributed by atoms with Gasteiger partial charge in [-0.15, -0.1) is 0 Å². The molecule has 0 aliphatic heterocycles. The summed E-state index contributed by atoms with van der Waals surface area (Å²) in [7, 11) is -3.89. The van der Waals surface area contributed by atoms with Crippen molar-refractivity contribution in [3.8, 4) is 0 Å². The lowest BCUT2D eigenvalue weighted by molar-refractivity contribution is 0.0949. The zero-order valence-corrected chi connectivity index (χ0v) is 15.3. The molecule has 0 saturated carbocycles. The topological polar surface area (TPSA) is 88.2 Å². The van der Waals surface area contributed by atoms with E-state index in [1.807, 2.05) is 6.92 Å². The van der Waals surface area contributed by atoms with Crippen molar-refractivity contribution < 1.29 is 13.2 Å². The van der Waals surface area contributed by atoms with Crippen molar-refractivity contribution in [1.82, 2.24) is 10.3 Å². The van der Waals surface area contributed by atoms with Crippen LogP contribution in [0.2, 0.25) is 0 Å². The Labute approximate surface area is 148 Å². The highest BCUT2D eigenvalue weighted by atomic mass is 32.2. The number of hydrogen-bond donors (Lipinski definition) is 2. The number of carbonyl (C=O) groups excluding carboxylic acids is 1. The van der Waals surface area contributed by atoms with E-state index in [4.69, 9.17) is 0 Å². The molecule has 0 saturated heterocycles. The summed E-state index contributed by atoms with van der Waals surface area (Å²) in [5, 5.41) is 2.78. The normalized spacial score (nSPS) is 11.1. The largest absolute Gasteiger partial charge is 0.352 e. The van der Waals surface area contributed by atoms with Gasteiger partial charge in [-0.25, -0.2) is 8.42 Å². The zero-order chi connectivity index (χ0) is 18.3. The third-order valence-corrected chi connectivity index (χ3v) is 5.05. The lowest BCUT2D eigenvalue weighted by Gasteiger charge is -2.12. The highest BCUT2D eigenvalue weighted by Gasteiger charge is 2.22. The lowest BCUT2D eigenvalue weighted by atomic mass is 10.2. The van der Waals surface area contributed by atoms with Gasteiger partial charge in [0.25, 0.3) is 15.9 Å². The van der Waals surface area contributed by atoms with Crippen molar-refractivity contribution in [2.75, 3.05) is 11.3 Å². The molecule has 7 heteroatoms. The molecule has 0 unspecified atom stereocenters. The van der Waals surface area contributed by atoms with Crippen LogP contribution in [0.25, 0.3) is 0 Å². The van der Waals surface area contributed by atoms with Crippen LogP contribution in [-0.4, -0.2) is 25.9 Å². The van der Waals surface area contributed by atoms with Crippen LogP contribution in [0.4, 0.5) is 5.69 Å². The molecule has 0 spiro atoms. The van der Waals surface area contributed by atoms with Crippen LogP contribution < -0.4 is 10.0 Å². The van der Waals surface area contributed by atoms with Gasteiger partial charge in [0.15, 0.2) is 0 Å². The van der Waals surface area contributed by atoms with E-state index in [0.29, 0.717) is 12.2 Å². The van der Waals surface area contributed by atoms with Gasteiger partial charge in [0, 0.05) is 12.7 Å². The number of aromatic nitrogens is 1. The van der Waals surface area contributed by atoms with Crippen molar-refractivity contribution in [2.24, 2.45) is 0 Å². The summed E-state index contributed by atoms with van der Waals surface area (Å²) in [4.78, 5) is 16.3. The number of pyridine rings is 1. The Morgan fingerprint density at radius 2 is 1.92 bits per heavy atom. The van der Waals surface area contributed by atoms with Gasteiger partial charge in [-0.2, -0.15) is 0 Å². The molecule has 1 heterocycles. The van der Waals surface area contributed by atoms with E-state index < -0.39 is 10.0 Å². The maximum atomic E-state index is 12.7. The lowest BCUT2D eigenvalue weighted by Crippen LogP contribution is -2.27. The smallest absolute Gasteiger partial charge is 0.262 e. The fraction of sp³-hybridized carbons (Fsp3) is 0.333. The van der Waals surface area contributed by atoms with E-state index >= 15 is 0 Å². The van der Waals surface area contributed by atoms with E-state index in [0.717, 1.165) is 24.8 Å². The summed E-state index contributed by atoms with van der Waals surface area (Å²) in [6, 6.07) is 7.85. The van der Waals surface area contributed by atoms with Gasteiger partial charge in [0.1, 0.15) is 4.90 Å². The minimum atomic E-state index is -3.89. The van der Waals surface area contributed by atoms with Crippen LogP contribution in [0.5, 0.6) is 0 Å². The number of hydrogen-bond acceptors (Lipinski definition) is 4. The van der Waals surface area contributed by atoms with E-state index in [2.05, 4.69) is 21.9 Å². The number of aryl methyl sites for hydroxylation is 1. The molecule has 134 valence electrons. The molecular weight excluding hydrogens is 338 g/mol. The highest BCUT2D eigenvalue weighted by molar-refractivity contribution is 7.92. The molecule has 0 atom stereocenters. The molecular formula is C18H23N3O3S. The molecule has 0 radical (unpaired) electrons. The van der Waals surface area contributed by atoms with Gasteiger partial charge in [-0.3, -0.25) is 14.5 Å². The van der Waals surface area contributed by atoms with E-state index in [1.165, 1.54) is 18.3 Å². The van der Waals surface area contributed by atoms with Gasteiger partial charge < -0.3 is 5.32 Å². The fourth-order valence-corrected chi connectivity index (χ4v) is 3.62. The van der Waals surface area contributed by atoms with Crippen molar-refractivity contribution in [3.05, 3.63) is 53.9 Å². The minimum absolute atomic E-state index is 0.0514. The molecule has 0 aliphatic carbocycles. The Kier molecular flexibility index (Phi) is 6.52. The zero-order valence-electron chi connectivity index (χ0n) is 14.5. The predicted molar refractivity (Wildman–Crippen MR) is 98.1 cm³/mol. The van der Waals surface area contributed by atoms with Crippen molar-refractivity contribution in [1.29, 1.82) is 0 Å². The Morgan fingerprint density at radius 1 is 1.16 bits per heavy atom. The molecule has 0 bridgehead atoms. The van der Waals surface area contributed by atoms with Gasteiger partial charge in [0.05, 0.1) is 17.4 Å². The molecule has 2 N–H and O–H groups in total. The number of anilines is 1. The number of unbranched alkanes of at least 4 members (excludes halogenated alkanes) is 2. The standard InChI is InChI=1S/C18H23N3O3S/c1-3-4-7-10-20-18(22)16-8-5-6-9-17(16)25(23,24)21-15-11-14(2)12-19-13-15/h5-6,8-9,11-13,21H,3-4,7,10H2,1-2H3,(H,20,22). The maximum Gasteiger partial charge on any atom is 0.262 e. The number of nitrogens with one attached hydrogen (secondary N) is 2. The van der Waals surface area contributed by atoms with Gasteiger partial charge >= 0.3 is 0 Å². The third kappa shape index (κ3) is 5.29. The van der Waals surface area contributed by atoms with Gasteiger partial charge in [0.2, 0.25) is 0 Å². The average Bonchev–Trinajstić information content (AvgIpc) is 2.58. The highest BCUT2D eigenvalue weighted by Crippen LogP contribution is 2.20. The molecule has 2 aromatic rings. The number of benzene rings is 1. The van der Waals surface area contributed by atoms with Crippen LogP contribution in [0.15, 0.2) is 47.6 Å². The summed E-state index contributed by atoms with van der Waals surface area (Å²) in [5.41, 5.74) is 1.33. The second-order valence-corrected chi connectivity index (χ2v) is 7.47. The number of carbonyl (C=O) groups is 1. The molecule has 1 aromatic heterocycles. The Balaban J connectivity index is 2.22. The van der Waals surface area contributed by atoms with Crippen molar-refractivity contribution in [2.45, 2.75) is 38.0 Å². The molecule has 0 fully saturated rings. The minimum Gasteiger partial charge on any atom is -0.352 e. The second kappa shape index (κ2) is 8.62. The summed E-state index contributed by atoms with van der Waals surface area (Å²) >= 11 is 0. The number of nitrogens with zero attached hydrogens (tertiary/aromatic N) is 1. The van der Waals surface area contributed by atoms with Crippen molar-refractivity contribution in [3.63, 3.8) is 0 Å². The summed E-state index contributed by atoms with van der Waals surface area (Å²) < 4.78 is 27.9. The van der Waals surface area contributed by atoms with Crippen LogP contribution in [0.1, 0.15) is 42.1 Å². The monoisotopic (exact) mass is 361 g/mol. The Morgan fingerprint density at radius 3 is 2.64 bits per heavy atom. The van der Waals surface area contributed by atoms with E-state index in [-0.39, 0.29) is 16.4 Å². The van der Waals surface area contributed by atoms with Gasteiger partial charge in [-0.1, -0.05) is 31.9 Å². The molecule has 2 rings (SSSR count). The molecule has 6 nitrogen and oxygen atoms in total. The summed E-state index contributed by atoms with van der Waals surface area (Å²) in [5.74, 6) is -0.389. The Hall–Kier alpha value is -2.41. The number of sulfonamides is 1. The second-order valence-electron chi connectivity index (χ2n) is 5.82. The first-order valence-corrected chi connectivity index (χ1v) is 9.74.